The molecule has 0 spiro atoms. The van der Waals surface area contributed by atoms with Crippen molar-refractivity contribution in [1.29, 1.82) is 0 Å². The molecule has 2 rings (SSSR count). The predicted octanol–water partition coefficient (Wildman–Crippen LogP) is 4.09. The summed E-state index contributed by atoms with van der Waals surface area (Å²) in [5.41, 5.74) is 1.85. The van der Waals surface area contributed by atoms with Crippen molar-refractivity contribution in [3.05, 3.63) is 47.9 Å². The van der Waals surface area contributed by atoms with Gasteiger partial charge in [0.05, 0.1) is 11.9 Å². The standard InChI is InChI=1S/C15H18N2O/c1-4-11(2)14-10-16-15(12(3)17-14)18-13-8-6-5-7-9-13/h5-11H,4H2,1-3H3. The smallest absolute Gasteiger partial charge is 0.240 e. The molecule has 2 aromatic rings. The van der Waals surface area contributed by atoms with Crippen LogP contribution in [0.2, 0.25) is 0 Å². The van der Waals surface area contributed by atoms with Crippen molar-refractivity contribution in [2.45, 2.75) is 33.1 Å². The Balaban J connectivity index is 2.20. The molecular weight excluding hydrogens is 224 g/mol. The van der Waals surface area contributed by atoms with E-state index in [4.69, 9.17) is 4.74 Å². The first-order chi connectivity index (χ1) is 8.70. The van der Waals surface area contributed by atoms with Crippen LogP contribution in [0.4, 0.5) is 0 Å². The Labute approximate surface area is 108 Å². The van der Waals surface area contributed by atoms with E-state index in [1.165, 1.54) is 0 Å². The highest BCUT2D eigenvalue weighted by molar-refractivity contribution is 5.29. The van der Waals surface area contributed by atoms with Crippen LogP contribution in [0.15, 0.2) is 36.5 Å². The van der Waals surface area contributed by atoms with Crippen LogP contribution in [-0.2, 0) is 0 Å². The van der Waals surface area contributed by atoms with E-state index in [-0.39, 0.29) is 0 Å². The molecule has 0 radical (unpaired) electrons. The number of rotatable bonds is 4. The lowest BCUT2D eigenvalue weighted by Crippen LogP contribution is -2.01. The fourth-order valence-corrected chi connectivity index (χ4v) is 1.64. The summed E-state index contributed by atoms with van der Waals surface area (Å²) in [4.78, 5) is 8.91. The Morgan fingerprint density at radius 3 is 2.56 bits per heavy atom. The summed E-state index contributed by atoms with van der Waals surface area (Å²) in [7, 11) is 0. The molecule has 0 aliphatic rings. The van der Waals surface area contributed by atoms with Crippen molar-refractivity contribution >= 4 is 0 Å². The summed E-state index contributed by atoms with van der Waals surface area (Å²) < 4.78 is 5.70. The molecule has 1 aromatic carbocycles. The van der Waals surface area contributed by atoms with Crippen molar-refractivity contribution in [1.82, 2.24) is 9.97 Å². The zero-order valence-electron chi connectivity index (χ0n) is 11.1. The summed E-state index contributed by atoms with van der Waals surface area (Å²) in [5.74, 6) is 1.79. The number of aryl methyl sites for hydroxylation is 1. The SMILES string of the molecule is CCC(C)c1cnc(Oc2ccccc2)c(C)n1. The minimum atomic E-state index is 0.432. The fourth-order valence-electron chi connectivity index (χ4n) is 1.64. The number of nitrogens with zero attached hydrogens (tertiary/aromatic N) is 2. The maximum absolute atomic E-state index is 5.70. The van der Waals surface area contributed by atoms with Crippen molar-refractivity contribution in [3.63, 3.8) is 0 Å². The second-order valence-electron chi connectivity index (χ2n) is 4.41. The van der Waals surface area contributed by atoms with Crippen LogP contribution in [0, 0.1) is 6.92 Å². The van der Waals surface area contributed by atoms with E-state index in [9.17, 15) is 0 Å². The zero-order chi connectivity index (χ0) is 13.0. The number of ether oxygens (including phenoxy) is 1. The third-order valence-electron chi connectivity index (χ3n) is 3.00. The normalized spacial score (nSPS) is 12.2. The van der Waals surface area contributed by atoms with E-state index in [2.05, 4.69) is 23.8 Å². The van der Waals surface area contributed by atoms with Crippen LogP contribution in [0.25, 0.3) is 0 Å². The maximum atomic E-state index is 5.70. The van der Waals surface area contributed by atoms with Gasteiger partial charge in [-0.25, -0.2) is 4.98 Å². The van der Waals surface area contributed by atoms with Crippen LogP contribution in [0.1, 0.15) is 37.6 Å². The average Bonchev–Trinajstić information content (AvgIpc) is 2.41. The van der Waals surface area contributed by atoms with Gasteiger partial charge in [-0.3, -0.25) is 4.98 Å². The van der Waals surface area contributed by atoms with Gasteiger partial charge >= 0.3 is 0 Å². The molecule has 0 N–H and O–H groups in total. The van der Waals surface area contributed by atoms with E-state index in [0.29, 0.717) is 11.8 Å². The quantitative estimate of drug-likeness (QED) is 0.810. The number of para-hydroxylation sites is 1. The molecule has 0 saturated heterocycles. The monoisotopic (exact) mass is 242 g/mol. The molecule has 0 amide bonds. The van der Waals surface area contributed by atoms with Gasteiger partial charge in [0.2, 0.25) is 5.88 Å². The molecule has 3 nitrogen and oxygen atoms in total. The average molecular weight is 242 g/mol. The lowest BCUT2D eigenvalue weighted by atomic mass is 10.1. The predicted molar refractivity (Wildman–Crippen MR) is 72.0 cm³/mol. The van der Waals surface area contributed by atoms with E-state index in [0.717, 1.165) is 23.6 Å². The molecule has 0 fully saturated rings. The molecule has 0 aliphatic heterocycles. The van der Waals surface area contributed by atoms with Crippen LogP contribution < -0.4 is 4.74 Å². The largest absolute Gasteiger partial charge is 0.437 e. The third-order valence-corrected chi connectivity index (χ3v) is 3.00. The Hall–Kier alpha value is -1.90. The summed E-state index contributed by atoms with van der Waals surface area (Å²) in [6.45, 7) is 6.23. The molecule has 1 unspecified atom stereocenters. The molecule has 0 bridgehead atoms. The van der Waals surface area contributed by atoms with Crippen LogP contribution >= 0.6 is 0 Å². The Morgan fingerprint density at radius 2 is 1.94 bits per heavy atom. The van der Waals surface area contributed by atoms with Crippen molar-refractivity contribution in [2.24, 2.45) is 0 Å². The first kappa shape index (κ1) is 12.6. The number of hydrogen-bond donors (Lipinski definition) is 0. The second kappa shape index (κ2) is 5.63. The Morgan fingerprint density at radius 1 is 1.22 bits per heavy atom. The lowest BCUT2D eigenvalue weighted by molar-refractivity contribution is 0.453. The summed E-state index contributed by atoms with van der Waals surface area (Å²) in [6, 6.07) is 9.64. The third kappa shape index (κ3) is 2.86. The summed E-state index contributed by atoms with van der Waals surface area (Å²) in [6.07, 6.45) is 2.87. The topological polar surface area (TPSA) is 35.0 Å². The van der Waals surface area contributed by atoms with Gasteiger partial charge in [-0.05, 0) is 31.4 Å². The fraction of sp³-hybridized carbons (Fsp3) is 0.333. The number of aromatic nitrogens is 2. The minimum absolute atomic E-state index is 0.432. The minimum Gasteiger partial charge on any atom is -0.437 e. The Bertz CT molecular complexity index is 511. The van der Waals surface area contributed by atoms with Gasteiger partial charge in [-0.2, -0.15) is 0 Å². The van der Waals surface area contributed by atoms with E-state index < -0.39 is 0 Å². The lowest BCUT2D eigenvalue weighted by Gasteiger charge is -2.11. The number of benzene rings is 1. The highest BCUT2D eigenvalue weighted by Crippen LogP contribution is 2.23. The highest BCUT2D eigenvalue weighted by atomic mass is 16.5. The van der Waals surface area contributed by atoms with Gasteiger partial charge in [-0.15, -0.1) is 0 Å². The van der Waals surface area contributed by atoms with Crippen molar-refractivity contribution in [3.8, 4) is 11.6 Å². The first-order valence-electron chi connectivity index (χ1n) is 6.27. The molecule has 3 heteroatoms. The Kier molecular flexibility index (Phi) is 3.92. The van der Waals surface area contributed by atoms with Crippen molar-refractivity contribution in [2.75, 3.05) is 0 Å². The summed E-state index contributed by atoms with van der Waals surface area (Å²) in [5, 5.41) is 0. The summed E-state index contributed by atoms with van der Waals surface area (Å²) >= 11 is 0. The number of hydrogen-bond acceptors (Lipinski definition) is 3. The van der Waals surface area contributed by atoms with Gasteiger partial charge in [0.25, 0.3) is 0 Å². The van der Waals surface area contributed by atoms with Crippen molar-refractivity contribution < 1.29 is 4.74 Å². The second-order valence-corrected chi connectivity index (χ2v) is 4.41. The molecule has 1 heterocycles. The highest BCUT2D eigenvalue weighted by Gasteiger charge is 2.09. The van der Waals surface area contributed by atoms with Crippen LogP contribution in [-0.4, -0.2) is 9.97 Å². The molecule has 1 atom stereocenters. The molecule has 1 aromatic heterocycles. The maximum Gasteiger partial charge on any atom is 0.240 e. The van der Waals surface area contributed by atoms with Crippen LogP contribution in [0.3, 0.4) is 0 Å². The molecular formula is C15H18N2O. The first-order valence-corrected chi connectivity index (χ1v) is 6.27. The van der Waals surface area contributed by atoms with Gasteiger partial charge < -0.3 is 4.74 Å². The zero-order valence-corrected chi connectivity index (χ0v) is 11.1. The van der Waals surface area contributed by atoms with Gasteiger partial charge in [-0.1, -0.05) is 32.0 Å². The van der Waals surface area contributed by atoms with E-state index >= 15 is 0 Å². The van der Waals surface area contributed by atoms with Gasteiger partial charge in [0, 0.05) is 0 Å². The van der Waals surface area contributed by atoms with Gasteiger partial charge in [0.1, 0.15) is 11.4 Å². The molecule has 0 saturated carbocycles. The molecule has 94 valence electrons. The molecule has 18 heavy (non-hydrogen) atoms. The van der Waals surface area contributed by atoms with Gasteiger partial charge in [0.15, 0.2) is 0 Å². The van der Waals surface area contributed by atoms with Crippen LogP contribution in [0.5, 0.6) is 11.6 Å². The van der Waals surface area contributed by atoms with E-state index in [1.54, 1.807) is 6.20 Å². The van der Waals surface area contributed by atoms with E-state index in [1.807, 2.05) is 37.3 Å². The molecule has 0 aliphatic carbocycles.